The number of carbonyl (C=O) groups is 1. The first-order valence-corrected chi connectivity index (χ1v) is 8.53. The summed E-state index contributed by atoms with van der Waals surface area (Å²) in [5.74, 6) is -0.427. The minimum absolute atomic E-state index is 0.164. The maximum atomic E-state index is 13.9. The van der Waals surface area contributed by atoms with Crippen LogP contribution in [-0.2, 0) is 6.54 Å². The first-order valence-electron chi connectivity index (χ1n) is 8.53. The van der Waals surface area contributed by atoms with Crippen molar-refractivity contribution in [1.82, 2.24) is 9.78 Å². The van der Waals surface area contributed by atoms with Crippen molar-refractivity contribution in [3.8, 4) is 0 Å². The van der Waals surface area contributed by atoms with Gasteiger partial charge in [-0.25, -0.2) is 4.39 Å². The number of aromatic nitrogens is 2. The summed E-state index contributed by atoms with van der Waals surface area (Å²) in [6.45, 7) is 7.90. The molecule has 0 atom stereocenters. The molecule has 2 aromatic carbocycles. The van der Waals surface area contributed by atoms with Gasteiger partial charge in [-0.2, -0.15) is 5.10 Å². The van der Waals surface area contributed by atoms with E-state index in [1.807, 2.05) is 45.9 Å². The molecule has 0 unspecified atom stereocenters. The molecule has 4 nitrogen and oxygen atoms in total. The number of hydrogen-bond acceptors (Lipinski definition) is 2. The van der Waals surface area contributed by atoms with Crippen LogP contribution in [0.4, 0.5) is 10.1 Å². The van der Waals surface area contributed by atoms with Crippen LogP contribution in [0.3, 0.4) is 0 Å². The van der Waals surface area contributed by atoms with E-state index >= 15 is 0 Å². The molecule has 3 rings (SSSR count). The molecule has 0 spiro atoms. The van der Waals surface area contributed by atoms with E-state index in [-0.39, 0.29) is 11.7 Å². The Morgan fingerprint density at radius 1 is 1.12 bits per heavy atom. The molecule has 0 saturated heterocycles. The summed E-state index contributed by atoms with van der Waals surface area (Å²) in [7, 11) is 0. The molecule has 26 heavy (non-hydrogen) atoms. The van der Waals surface area contributed by atoms with Crippen molar-refractivity contribution in [1.29, 1.82) is 0 Å². The highest BCUT2D eigenvalue weighted by molar-refractivity contribution is 6.06. The Morgan fingerprint density at radius 3 is 2.58 bits per heavy atom. The summed E-state index contributed by atoms with van der Waals surface area (Å²) in [6.07, 6.45) is 0. The lowest BCUT2D eigenvalue weighted by Crippen LogP contribution is -2.15. The average Bonchev–Trinajstić information content (AvgIpc) is 2.86. The number of halogens is 1. The van der Waals surface area contributed by atoms with Crippen LogP contribution in [0.1, 0.15) is 38.4 Å². The number of hydrogen-bond donors (Lipinski definition) is 1. The van der Waals surface area contributed by atoms with Crippen molar-refractivity contribution in [3.63, 3.8) is 0 Å². The molecule has 0 radical (unpaired) electrons. The third-order valence-electron chi connectivity index (χ3n) is 4.54. The second-order valence-corrected chi connectivity index (χ2v) is 6.57. The van der Waals surface area contributed by atoms with Crippen LogP contribution in [-0.4, -0.2) is 15.7 Å². The van der Waals surface area contributed by atoms with Gasteiger partial charge in [0.1, 0.15) is 5.82 Å². The Bertz CT molecular complexity index is 975. The van der Waals surface area contributed by atoms with E-state index in [4.69, 9.17) is 0 Å². The number of amides is 1. The smallest absolute Gasteiger partial charge is 0.256 e. The van der Waals surface area contributed by atoms with Gasteiger partial charge in [-0.05, 0) is 45.4 Å². The Hall–Kier alpha value is -2.95. The monoisotopic (exact) mass is 351 g/mol. The highest BCUT2D eigenvalue weighted by Crippen LogP contribution is 2.22. The molecular weight excluding hydrogens is 329 g/mol. The minimum atomic E-state index is -0.263. The van der Waals surface area contributed by atoms with Gasteiger partial charge in [0.25, 0.3) is 5.91 Å². The van der Waals surface area contributed by atoms with Gasteiger partial charge in [0.05, 0.1) is 23.6 Å². The second kappa shape index (κ2) is 7.12. The van der Waals surface area contributed by atoms with Crippen LogP contribution < -0.4 is 5.32 Å². The summed E-state index contributed by atoms with van der Waals surface area (Å²) in [6, 6.07) is 12.4. The lowest BCUT2D eigenvalue weighted by molar-refractivity contribution is 0.102. The van der Waals surface area contributed by atoms with Crippen molar-refractivity contribution < 1.29 is 9.18 Å². The normalized spacial score (nSPS) is 10.8. The molecule has 0 aliphatic carbocycles. The largest absolute Gasteiger partial charge is 0.319 e. The molecule has 1 amide bonds. The number of nitrogens with one attached hydrogen (secondary N) is 1. The Labute approximate surface area is 152 Å². The van der Waals surface area contributed by atoms with Crippen molar-refractivity contribution in [2.75, 3.05) is 5.32 Å². The van der Waals surface area contributed by atoms with Gasteiger partial charge in [0.2, 0.25) is 0 Å². The van der Waals surface area contributed by atoms with E-state index < -0.39 is 0 Å². The number of carbonyl (C=O) groups excluding carboxylic acids is 1. The van der Waals surface area contributed by atoms with E-state index in [1.54, 1.807) is 22.9 Å². The summed E-state index contributed by atoms with van der Waals surface area (Å²) < 4.78 is 15.6. The van der Waals surface area contributed by atoms with Crippen LogP contribution in [0.2, 0.25) is 0 Å². The van der Waals surface area contributed by atoms with E-state index in [0.29, 0.717) is 29.1 Å². The molecule has 1 N–H and O–H groups in total. The van der Waals surface area contributed by atoms with E-state index in [1.165, 1.54) is 6.07 Å². The maximum Gasteiger partial charge on any atom is 0.256 e. The zero-order chi connectivity index (χ0) is 18.8. The van der Waals surface area contributed by atoms with Gasteiger partial charge in [-0.1, -0.05) is 35.9 Å². The Morgan fingerprint density at radius 2 is 1.85 bits per heavy atom. The summed E-state index contributed by atoms with van der Waals surface area (Å²) in [4.78, 5) is 12.7. The van der Waals surface area contributed by atoms with E-state index in [0.717, 1.165) is 16.8 Å². The SMILES string of the molecule is Cc1ccc(C)c(C(=O)Nc2c(C)nn(Cc3ccccc3F)c2C)c1. The van der Waals surface area contributed by atoms with Gasteiger partial charge in [0, 0.05) is 11.1 Å². The minimum Gasteiger partial charge on any atom is -0.319 e. The number of anilines is 1. The fourth-order valence-electron chi connectivity index (χ4n) is 2.98. The predicted molar refractivity (Wildman–Crippen MR) is 101 cm³/mol. The van der Waals surface area contributed by atoms with Crippen LogP contribution in [0, 0.1) is 33.5 Å². The molecule has 1 heterocycles. The van der Waals surface area contributed by atoms with Gasteiger partial charge < -0.3 is 5.32 Å². The Kier molecular flexibility index (Phi) is 4.89. The average molecular weight is 351 g/mol. The summed E-state index contributed by atoms with van der Waals surface area (Å²) in [5, 5.41) is 7.44. The fraction of sp³-hybridized carbons (Fsp3) is 0.238. The fourth-order valence-corrected chi connectivity index (χ4v) is 2.98. The molecule has 0 bridgehead atoms. The molecule has 0 fully saturated rings. The first-order chi connectivity index (χ1) is 12.4. The van der Waals surface area contributed by atoms with Crippen molar-refractivity contribution >= 4 is 11.6 Å². The number of rotatable bonds is 4. The van der Waals surface area contributed by atoms with Crippen LogP contribution in [0.5, 0.6) is 0 Å². The predicted octanol–water partition coefficient (Wildman–Crippen LogP) is 4.56. The number of aryl methyl sites for hydroxylation is 3. The van der Waals surface area contributed by atoms with Crippen molar-refractivity contribution in [2.24, 2.45) is 0 Å². The summed E-state index contributed by atoms with van der Waals surface area (Å²) in [5.41, 5.74) is 5.33. The third-order valence-corrected chi connectivity index (χ3v) is 4.54. The summed E-state index contributed by atoms with van der Waals surface area (Å²) >= 11 is 0. The lowest BCUT2D eigenvalue weighted by Gasteiger charge is -2.10. The first kappa shape index (κ1) is 17.9. The van der Waals surface area contributed by atoms with Crippen molar-refractivity contribution in [3.05, 3.63) is 81.9 Å². The van der Waals surface area contributed by atoms with Gasteiger partial charge in [-0.15, -0.1) is 0 Å². The van der Waals surface area contributed by atoms with E-state index in [9.17, 15) is 9.18 Å². The molecule has 0 aliphatic rings. The molecule has 134 valence electrons. The standard InChI is InChI=1S/C21H22FN3O/c1-13-9-10-14(2)18(11-13)21(26)23-20-15(3)24-25(16(20)4)12-17-7-5-6-8-19(17)22/h5-11H,12H2,1-4H3,(H,23,26). The Balaban J connectivity index is 1.87. The topological polar surface area (TPSA) is 46.9 Å². The van der Waals surface area contributed by atoms with Gasteiger partial charge >= 0.3 is 0 Å². The van der Waals surface area contributed by atoms with Crippen LogP contribution in [0.25, 0.3) is 0 Å². The van der Waals surface area contributed by atoms with Crippen LogP contribution >= 0.6 is 0 Å². The molecule has 0 saturated carbocycles. The van der Waals surface area contributed by atoms with Crippen LogP contribution in [0.15, 0.2) is 42.5 Å². The zero-order valence-electron chi connectivity index (χ0n) is 15.4. The second-order valence-electron chi connectivity index (χ2n) is 6.57. The third kappa shape index (κ3) is 3.52. The van der Waals surface area contributed by atoms with Gasteiger partial charge in [0.15, 0.2) is 0 Å². The number of benzene rings is 2. The quantitative estimate of drug-likeness (QED) is 0.749. The highest BCUT2D eigenvalue weighted by atomic mass is 19.1. The maximum absolute atomic E-state index is 13.9. The van der Waals surface area contributed by atoms with Gasteiger partial charge in [-0.3, -0.25) is 9.48 Å². The van der Waals surface area contributed by atoms with Crippen molar-refractivity contribution in [2.45, 2.75) is 34.2 Å². The molecular formula is C21H22FN3O. The zero-order valence-corrected chi connectivity index (χ0v) is 15.4. The molecule has 1 aromatic heterocycles. The number of nitrogens with zero attached hydrogens (tertiary/aromatic N) is 2. The lowest BCUT2D eigenvalue weighted by atomic mass is 10.0. The molecule has 5 heteroatoms. The van der Waals surface area contributed by atoms with E-state index in [2.05, 4.69) is 10.4 Å². The molecule has 3 aromatic rings. The highest BCUT2D eigenvalue weighted by Gasteiger charge is 2.17. The molecule has 0 aliphatic heterocycles.